The summed E-state index contributed by atoms with van der Waals surface area (Å²) in [7, 11) is 0. The Morgan fingerprint density at radius 3 is 2.41 bits per heavy atom. The number of hydrogen-bond acceptors (Lipinski definition) is 3. The summed E-state index contributed by atoms with van der Waals surface area (Å²) in [5.41, 5.74) is 3.92. The summed E-state index contributed by atoms with van der Waals surface area (Å²) in [4.78, 5) is 27.8. The molecule has 0 fully saturated rings. The van der Waals surface area contributed by atoms with Gasteiger partial charge >= 0.3 is 0 Å². The minimum absolute atomic E-state index is 0.0215. The summed E-state index contributed by atoms with van der Waals surface area (Å²) in [6.07, 6.45) is 0.289. The van der Waals surface area contributed by atoms with E-state index >= 15 is 0 Å². The SMILES string of the molecule is Cc1ccc(CN(C(=O)c2cccs2)c2cccc(CC(=O)NC(C)C)c2)cc1. The summed E-state index contributed by atoms with van der Waals surface area (Å²) < 4.78 is 0. The van der Waals surface area contributed by atoms with Gasteiger partial charge in [0.15, 0.2) is 0 Å². The molecule has 2 aromatic carbocycles. The van der Waals surface area contributed by atoms with Gasteiger partial charge in [0, 0.05) is 11.7 Å². The summed E-state index contributed by atoms with van der Waals surface area (Å²) in [6, 6.07) is 19.7. The molecule has 5 heteroatoms. The Morgan fingerprint density at radius 1 is 1.00 bits per heavy atom. The minimum atomic E-state index is -0.0376. The Kier molecular flexibility index (Phi) is 6.83. The number of anilines is 1. The molecule has 1 aromatic heterocycles. The zero-order valence-corrected chi connectivity index (χ0v) is 17.8. The van der Waals surface area contributed by atoms with Crippen LogP contribution in [0, 0.1) is 6.92 Å². The van der Waals surface area contributed by atoms with E-state index in [1.807, 2.05) is 74.7 Å². The first kappa shape index (κ1) is 20.8. The van der Waals surface area contributed by atoms with Gasteiger partial charge in [-0.25, -0.2) is 0 Å². The zero-order chi connectivity index (χ0) is 20.8. The van der Waals surface area contributed by atoms with Gasteiger partial charge in [-0.15, -0.1) is 11.3 Å². The molecule has 150 valence electrons. The van der Waals surface area contributed by atoms with Crippen LogP contribution in [0.2, 0.25) is 0 Å². The number of aryl methyl sites for hydroxylation is 1. The molecule has 0 radical (unpaired) electrons. The van der Waals surface area contributed by atoms with Crippen LogP contribution in [0.5, 0.6) is 0 Å². The Morgan fingerprint density at radius 2 is 1.76 bits per heavy atom. The van der Waals surface area contributed by atoms with E-state index in [1.165, 1.54) is 16.9 Å². The van der Waals surface area contributed by atoms with Gasteiger partial charge in [-0.3, -0.25) is 9.59 Å². The fourth-order valence-electron chi connectivity index (χ4n) is 3.08. The van der Waals surface area contributed by atoms with Gasteiger partial charge in [0.1, 0.15) is 0 Å². The number of benzene rings is 2. The highest BCUT2D eigenvalue weighted by Crippen LogP contribution is 2.24. The topological polar surface area (TPSA) is 49.4 Å². The van der Waals surface area contributed by atoms with Crippen molar-refractivity contribution in [1.29, 1.82) is 0 Å². The van der Waals surface area contributed by atoms with Crippen LogP contribution in [0.15, 0.2) is 66.0 Å². The number of nitrogens with zero attached hydrogens (tertiary/aromatic N) is 1. The lowest BCUT2D eigenvalue weighted by Gasteiger charge is -2.23. The van der Waals surface area contributed by atoms with Crippen molar-refractivity contribution in [1.82, 2.24) is 5.32 Å². The third-order valence-corrected chi connectivity index (χ3v) is 5.33. The molecule has 3 rings (SSSR count). The molecule has 0 atom stereocenters. The number of hydrogen-bond donors (Lipinski definition) is 1. The highest BCUT2D eigenvalue weighted by molar-refractivity contribution is 7.12. The molecule has 0 spiro atoms. The lowest BCUT2D eigenvalue weighted by atomic mass is 10.1. The normalized spacial score (nSPS) is 10.8. The number of rotatable bonds is 7. The Hall–Kier alpha value is -2.92. The van der Waals surface area contributed by atoms with E-state index in [1.54, 1.807) is 4.90 Å². The molecule has 0 aliphatic rings. The van der Waals surface area contributed by atoms with Crippen LogP contribution in [0.1, 0.15) is 40.2 Å². The van der Waals surface area contributed by atoms with Crippen LogP contribution in [-0.2, 0) is 17.8 Å². The predicted octanol–water partition coefficient (Wildman–Crippen LogP) is 4.97. The molecule has 2 amide bonds. The average Bonchev–Trinajstić information content (AvgIpc) is 3.21. The Labute approximate surface area is 176 Å². The van der Waals surface area contributed by atoms with Crippen LogP contribution in [0.3, 0.4) is 0 Å². The maximum atomic E-state index is 13.2. The van der Waals surface area contributed by atoms with E-state index in [0.29, 0.717) is 11.4 Å². The largest absolute Gasteiger partial charge is 0.354 e. The van der Waals surface area contributed by atoms with Crippen molar-refractivity contribution in [2.45, 2.75) is 39.8 Å². The average molecular weight is 407 g/mol. The molecule has 0 aliphatic heterocycles. The number of amides is 2. The second kappa shape index (κ2) is 9.52. The van der Waals surface area contributed by atoms with E-state index in [-0.39, 0.29) is 24.3 Å². The molecular formula is C24H26N2O2S. The standard InChI is InChI=1S/C24H26N2O2S/c1-17(2)25-23(27)15-20-6-4-7-21(14-20)26(24(28)22-8-5-13-29-22)16-19-11-9-18(3)10-12-19/h4-14,17H,15-16H2,1-3H3,(H,25,27). The number of thiophene rings is 1. The molecule has 4 nitrogen and oxygen atoms in total. The summed E-state index contributed by atoms with van der Waals surface area (Å²) in [5.74, 6) is -0.0591. The third kappa shape index (κ3) is 5.78. The van der Waals surface area contributed by atoms with E-state index < -0.39 is 0 Å². The summed E-state index contributed by atoms with van der Waals surface area (Å²) in [6.45, 7) is 6.40. The Balaban J connectivity index is 1.89. The van der Waals surface area contributed by atoms with Crippen molar-refractivity contribution < 1.29 is 9.59 Å². The van der Waals surface area contributed by atoms with Gasteiger partial charge in [0.05, 0.1) is 17.8 Å². The highest BCUT2D eigenvalue weighted by atomic mass is 32.1. The van der Waals surface area contributed by atoms with Crippen LogP contribution in [0.4, 0.5) is 5.69 Å². The maximum absolute atomic E-state index is 13.2. The van der Waals surface area contributed by atoms with Gasteiger partial charge in [-0.05, 0) is 55.5 Å². The first-order valence-corrected chi connectivity index (χ1v) is 10.6. The van der Waals surface area contributed by atoms with E-state index in [4.69, 9.17) is 0 Å². The molecule has 3 aromatic rings. The first-order chi connectivity index (χ1) is 13.9. The van der Waals surface area contributed by atoms with Gasteiger partial charge < -0.3 is 10.2 Å². The molecule has 0 unspecified atom stereocenters. The molecule has 0 bridgehead atoms. The zero-order valence-electron chi connectivity index (χ0n) is 17.0. The second-order valence-electron chi connectivity index (χ2n) is 7.42. The fraction of sp³-hybridized carbons (Fsp3) is 0.250. The van der Waals surface area contributed by atoms with Gasteiger partial charge in [-0.1, -0.05) is 48.0 Å². The maximum Gasteiger partial charge on any atom is 0.268 e. The number of nitrogens with one attached hydrogen (secondary N) is 1. The molecule has 0 saturated heterocycles. The molecule has 0 aliphatic carbocycles. The summed E-state index contributed by atoms with van der Waals surface area (Å²) >= 11 is 1.43. The van der Waals surface area contributed by atoms with Crippen molar-refractivity contribution in [3.05, 3.63) is 87.6 Å². The first-order valence-electron chi connectivity index (χ1n) is 9.71. The van der Waals surface area contributed by atoms with Crippen molar-refractivity contribution >= 4 is 28.8 Å². The number of carbonyl (C=O) groups is 2. The fourth-order valence-corrected chi connectivity index (χ4v) is 3.75. The lowest BCUT2D eigenvalue weighted by Crippen LogP contribution is -2.32. The van der Waals surface area contributed by atoms with E-state index in [9.17, 15) is 9.59 Å². The van der Waals surface area contributed by atoms with Crippen LogP contribution in [0.25, 0.3) is 0 Å². The lowest BCUT2D eigenvalue weighted by molar-refractivity contribution is -0.120. The van der Waals surface area contributed by atoms with Crippen LogP contribution >= 0.6 is 11.3 Å². The Bertz CT molecular complexity index is 963. The van der Waals surface area contributed by atoms with Crippen molar-refractivity contribution in [3.8, 4) is 0 Å². The van der Waals surface area contributed by atoms with E-state index in [2.05, 4.69) is 17.4 Å². The van der Waals surface area contributed by atoms with Gasteiger partial charge in [0.2, 0.25) is 5.91 Å². The molecular weight excluding hydrogens is 380 g/mol. The monoisotopic (exact) mass is 406 g/mol. The van der Waals surface area contributed by atoms with Crippen LogP contribution < -0.4 is 10.2 Å². The highest BCUT2D eigenvalue weighted by Gasteiger charge is 2.20. The minimum Gasteiger partial charge on any atom is -0.354 e. The predicted molar refractivity (Wildman–Crippen MR) is 119 cm³/mol. The van der Waals surface area contributed by atoms with E-state index in [0.717, 1.165) is 16.8 Å². The second-order valence-corrected chi connectivity index (χ2v) is 8.37. The third-order valence-electron chi connectivity index (χ3n) is 4.47. The molecule has 1 N–H and O–H groups in total. The van der Waals surface area contributed by atoms with Crippen molar-refractivity contribution in [2.24, 2.45) is 0 Å². The van der Waals surface area contributed by atoms with Crippen molar-refractivity contribution in [2.75, 3.05) is 4.90 Å². The molecule has 1 heterocycles. The van der Waals surface area contributed by atoms with Gasteiger partial charge in [0.25, 0.3) is 5.91 Å². The number of carbonyl (C=O) groups excluding carboxylic acids is 2. The van der Waals surface area contributed by atoms with Crippen molar-refractivity contribution in [3.63, 3.8) is 0 Å². The van der Waals surface area contributed by atoms with Crippen LogP contribution in [-0.4, -0.2) is 17.9 Å². The van der Waals surface area contributed by atoms with Gasteiger partial charge in [-0.2, -0.15) is 0 Å². The quantitative estimate of drug-likeness (QED) is 0.602. The smallest absolute Gasteiger partial charge is 0.268 e. The molecule has 29 heavy (non-hydrogen) atoms. The molecule has 0 saturated carbocycles. The summed E-state index contributed by atoms with van der Waals surface area (Å²) in [5, 5.41) is 4.82.